The molecule has 3 aromatic rings. The highest BCUT2D eigenvalue weighted by Gasteiger charge is 2.34. The van der Waals surface area contributed by atoms with E-state index >= 15 is 0 Å². The number of thioether (sulfide) groups is 1. The van der Waals surface area contributed by atoms with Gasteiger partial charge in [-0.1, -0.05) is 30.3 Å². The Morgan fingerprint density at radius 2 is 1.83 bits per heavy atom. The van der Waals surface area contributed by atoms with Crippen molar-refractivity contribution in [1.82, 2.24) is 0 Å². The molecule has 5 nitrogen and oxygen atoms in total. The highest BCUT2D eigenvalue weighted by atomic mass is 32.2. The smallest absolute Gasteiger partial charge is 0.255 e. The first-order chi connectivity index (χ1) is 14.6. The second-order valence-electron chi connectivity index (χ2n) is 7.02. The van der Waals surface area contributed by atoms with Crippen molar-refractivity contribution in [3.63, 3.8) is 0 Å². The lowest BCUT2D eigenvalue weighted by Crippen LogP contribution is -2.27. The summed E-state index contributed by atoms with van der Waals surface area (Å²) in [7, 11) is 1.62. The van der Waals surface area contributed by atoms with Gasteiger partial charge >= 0.3 is 0 Å². The van der Waals surface area contributed by atoms with Crippen LogP contribution in [0.4, 0.5) is 11.4 Å². The molecule has 0 spiro atoms. The summed E-state index contributed by atoms with van der Waals surface area (Å²) in [6, 6.07) is 22.6. The van der Waals surface area contributed by atoms with Gasteiger partial charge in [0.1, 0.15) is 11.1 Å². The van der Waals surface area contributed by atoms with Crippen LogP contribution < -0.4 is 15.0 Å². The molecule has 0 radical (unpaired) electrons. The van der Waals surface area contributed by atoms with Crippen LogP contribution in [0.1, 0.15) is 26.9 Å². The predicted molar refractivity (Wildman–Crippen MR) is 121 cm³/mol. The number of nitrogens with one attached hydrogen (secondary N) is 1. The largest absolute Gasteiger partial charge is 0.497 e. The molecule has 1 atom stereocenters. The van der Waals surface area contributed by atoms with Crippen LogP contribution in [-0.2, 0) is 4.79 Å². The number of ether oxygens (including phenoxy) is 1. The molecule has 4 rings (SSSR count). The van der Waals surface area contributed by atoms with E-state index in [4.69, 9.17) is 4.74 Å². The molecule has 30 heavy (non-hydrogen) atoms. The molecule has 0 unspecified atom stereocenters. The van der Waals surface area contributed by atoms with Gasteiger partial charge in [-0.2, -0.15) is 0 Å². The maximum atomic E-state index is 12.7. The highest BCUT2D eigenvalue weighted by Crippen LogP contribution is 2.42. The number of rotatable bonds is 5. The number of hydrogen-bond acceptors (Lipinski definition) is 4. The first-order valence-electron chi connectivity index (χ1n) is 9.61. The van der Waals surface area contributed by atoms with E-state index in [1.807, 2.05) is 79.7 Å². The molecule has 0 aliphatic carbocycles. The van der Waals surface area contributed by atoms with Crippen molar-refractivity contribution in [2.75, 3.05) is 23.1 Å². The fraction of sp³-hybridized carbons (Fsp3) is 0.167. The average Bonchev–Trinajstić information content (AvgIpc) is 3.15. The van der Waals surface area contributed by atoms with Crippen molar-refractivity contribution in [3.05, 3.63) is 89.5 Å². The van der Waals surface area contributed by atoms with E-state index in [9.17, 15) is 9.59 Å². The molecular weight excluding hydrogens is 396 g/mol. The monoisotopic (exact) mass is 418 g/mol. The molecule has 2 amide bonds. The van der Waals surface area contributed by atoms with Crippen LogP contribution in [-0.4, -0.2) is 24.7 Å². The summed E-state index contributed by atoms with van der Waals surface area (Å²) < 4.78 is 5.22. The fourth-order valence-corrected chi connectivity index (χ4v) is 4.66. The number of aryl methyl sites for hydroxylation is 1. The Labute approximate surface area is 180 Å². The second kappa shape index (κ2) is 8.63. The molecule has 0 aromatic heterocycles. The van der Waals surface area contributed by atoms with Gasteiger partial charge in [-0.15, -0.1) is 11.8 Å². The SMILES string of the molecule is COc1ccc(N2C(=O)CS[C@@H]2c2cccc(NC(=O)c3ccccc3C)c2)cc1. The lowest BCUT2D eigenvalue weighted by atomic mass is 10.1. The molecule has 1 N–H and O–H groups in total. The number of nitrogens with zero attached hydrogens (tertiary/aromatic N) is 1. The normalized spacial score (nSPS) is 15.9. The summed E-state index contributed by atoms with van der Waals surface area (Å²) in [6.45, 7) is 1.92. The second-order valence-corrected chi connectivity index (χ2v) is 8.09. The van der Waals surface area contributed by atoms with Crippen molar-refractivity contribution in [1.29, 1.82) is 0 Å². The molecule has 3 aromatic carbocycles. The molecule has 0 bridgehead atoms. The van der Waals surface area contributed by atoms with Gasteiger partial charge in [0, 0.05) is 16.9 Å². The third-order valence-corrected chi connectivity index (χ3v) is 6.25. The average molecular weight is 419 g/mol. The quantitative estimate of drug-likeness (QED) is 0.631. The summed E-state index contributed by atoms with van der Waals surface area (Å²) in [5.41, 5.74) is 4.06. The number of hydrogen-bond donors (Lipinski definition) is 1. The zero-order chi connectivity index (χ0) is 21.1. The summed E-state index contributed by atoms with van der Waals surface area (Å²) in [5.74, 6) is 1.07. The van der Waals surface area contributed by atoms with Crippen molar-refractivity contribution in [2.45, 2.75) is 12.3 Å². The topological polar surface area (TPSA) is 58.6 Å². The van der Waals surface area contributed by atoms with Gasteiger partial charge in [0.15, 0.2) is 0 Å². The molecule has 1 aliphatic heterocycles. The van der Waals surface area contributed by atoms with Gasteiger partial charge in [0.05, 0.1) is 12.9 Å². The van der Waals surface area contributed by atoms with Crippen LogP contribution in [0.3, 0.4) is 0 Å². The lowest BCUT2D eigenvalue weighted by molar-refractivity contribution is -0.115. The van der Waals surface area contributed by atoms with Crippen molar-refractivity contribution >= 4 is 35.0 Å². The lowest BCUT2D eigenvalue weighted by Gasteiger charge is -2.25. The molecule has 0 saturated carbocycles. The fourth-order valence-electron chi connectivity index (χ4n) is 3.49. The number of carbonyl (C=O) groups excluding carboxylic acids is 2. The van der Waals surface area contributed by atoms with Gasteiger partial charge in [-0.25, -0.2) is 0 Å². The van der Waals surface area contributed by atoms with Crippen molar-refractivity contribution < 1.29 is 14.3 Å². The molecular formula is C24H22N2O3S. The molecule has 1 heterocycles. The first-order valence-corrected chi connectivity index (χ1v) is 10.7. The number of benzene rings is 3. The van der Waals surface area contributed by atoms with E-state index < -0.39 is 0 Å². The molecule has 1 saturated heterocycles. The molecule has 6 heteroatoms. The number of carbonyl (C=O) groups is 2. The van der Waals surface area contributed by atoms with Gasteiger partial charge in [0.2, 0.25) is 5.91 Å². The Morgan fingerprint density at radius 3 is 2.57 bits per heavy atom. The third kappa shape index (κ3) is 4.04. The Bertz CT molecular complexity index is 1080. The number of amides is 2. The van der Waals surface area contributed by atoms with E-state index in [1.165, 1.54) is 0 Å². The zero-order valence-corrected chi connectivity index (χ0v) is 17.6. The van der Waals surface area contributed by atoms with Crippen LogP contribution in [0.15, 0.2) is 72.8 Å². The minimum atomic E-state index is -0.152. The first kappa shape index (κ1) is 20.0. The summed E-state index contributed by atoms with van der Waals surface area (Å²) in [4.78, 5) is 27.1. The molecule has 1 aliphatic rings. The van der Waals surface area contributed by atoms with Crippen molar-refractivity contribution in [2.24, 2.45) is 0 Å². The van der Waals surface area contributed by atoms with Crippen LogP contribution in [0.25, 0.3) is 0 Å². The standard InChI is InChI=1S/C24H22N2O3S/c1-16-6-3-4-9-21(16)23(28)25-18-8-5-7-17(14-18)24-26(22(27)15-30-24)19-10-12-20(29-2)13-11-19/h3-14,24H,15H2,1-2H3,(H,25,28)/t24-/m1/s1. The molecule has 152 valence electrons. The Kier molecular flexibility index (Phi) is 5.77. The van der Waals surface area contributed by atoms with Crippen molar-refractivity contribution in [3.8, 4) is 5.75 Å². The van der Waals surface area contributed by atoms with Gasteiger partial charge < -0.3 is 10.1 Å². The van der Waals surface area contributed by atoms with E-state index in [2.05, 4.69) is 5.32 Å². The van der Waals surface area contributed by atoms with Gasteiger partial charge in [-0.05, 0) is 60.5 Å². The summed E-state index contributed by atoms with van der Waals surface area (Å²) in [6.07, 6.45) is 0. The van der Waals surface area contributed by atoms with E-state index in [0.717, 1.165) is 22.6 Å². The third-order valence-electron chi connectivity index (χ3n) is 5.04. The Morgan fingerprint density at radius 1 is 1.07 bits per heavy atom. The number of methoxy groups -OCH3 is 1. The molecule has 1 fully saturated rings. The maximum Gasteiger partial charge on any atom is 0.255 e. The summed E-state index contributed by atoms with van der Waals surface area (Å²) in [5, 5.41) is 2.82. The van der Waals surface area contributed by atoms with E-state index in [1.54, 1.807) is 23.8 Å². The van der Waals surface area contributed by atoms with Gasteiger partial charge in [-0.3, -0.25) is 14.5 Å². The van der Waals surface area contributed by atoms with Crippen LogP contribution in [0.5, 0.6) is 5.75 Å². The Balaban J connectivity index is 1.58. The Hall–Kier alpha value is -3.25. The van der Waals surface area contributed by atoms with E-state index in [-0.39, 0.29) is 17.2 Å². The minimum Gasteiger partial charge on any atom is -0.497 e. The zero-order valence-electron chi connectivity index (χ0n) is 16.8. The van der Waals surface area contributed by atoms with Gasteiger partial charge in [0.25, 0.3) is 5.91 Å². The van der Waals surface area contributed by atoms with Crippen LogP contribution in [0, 0.1) is 6.92 Å². The van der Waals surface area contributed by atoms with Crippen LogP contribution in [0.2, 0.25) is 0 Å². The van der Waals surface area contributed by atoms with E-state index in [0.29, 0.717) is 17.0 Å². The highest BCUT2D eigenvalue weighted by molar-refractivity contribution is 8.00. The maximum absolute atomic E-state index is 12.7. The number of anilines is 2. The summed E-state index contributed by atoms with van der Waals surface area (Å²) >= 11 is 1.58. The van der Waals surface area contributed by atoms with Crippen LogP contribution >= 0.6 is 11.8 Å². The minimum absolute atomic E-state index is 0.0597. The predicted octanol–water partition coefficient (Wildman–Crippen LogP) is 5.03.